The van der Waals surface area contributed by atoms with Crippen LogP contribution in [0, 0.1) is 11.6 Å². The fraction of sp³-hybridized carbons (Fsp3) is 0.500. The molecule has 0 spiro atoms. The molecule has 0 aromatic heterocycles. The fourth-order valence-corrected chi connectivity index (χ4v) is 1.55. The number of anilines is 1. The summed E-state index contributed by atoms with van der Waals surface area (Å²) in [6.45, 7) is 6.05. The molecule has 0 aliphatic carbocycles. The Balaban J connectivity index is 3.03. The first kappa shape index (κ1) is 15.4. The van der Waals surface area contributed by atoms with Gasteiger partial charge in [-0.1, -0.05) is 6.92 Å². The van der Waals surface area contributed by atoms with Gasteiger partial charge in [-0.25, -0.2) is 8.78 Å². The minimum atomic E-state index is -0.742. The molecule has 0 unspecified atom stereocenters. The van der Waals surface area contributed by atoms with Gasteiger partial charge in [0.2, 0.25) is 0 Å². The van der Waals surface area contributed by atoms with Gasteiger partial charge in [0.1, 0.15) is 17.3 Å². The molecule has 19 heavy (non-hydrogen) atoms. The Labute approximate surface area is 112 Å². The lowest BCUT2D eigenvalue weighted by atomic mass is 10.1. The molecule has 0 aliphatic heterocycles. The maximum atomic E-state index is 13.8. The molecule has 5 heteroatoms. The van der Waals surface area contributed by atoms with E-state index in [1.165, 1.54) is 4.90 Å². The molecule has 3 nitrogen and oxygen atoms in total. The van der Waals surface area contributed by atoms with Crippen LogP contribution in [0.2, 0.25) is 0 Å². The van der Waals surface area contributed by atoms with Gasteiger partial charge in [0.25, 0.3) is 5.91 Å². The Morgan fingerprint density at radius 1 is 1.32 bits per heavy atom. The molecule has 0 radical (unpaired) electrons. The molecule has 106 valence electrons. The zero-order valence-electron chi connectivity index (χ0n) is 11.8. The van der Waals surface area contributed by atoms with Gasteiger partial charge in [-0.3, -0.25) is 4.79 Å². The van der Waals surface area contributed by atoms with Crippen LogP contribution < -0.4 is 5.32 Å². The molecule has 0 heterocycles. The molecule has 0 bridgehead atoms. The van der Waals surface area contributed by atoms with E-state index in [0.717, 1.165) is 18.6 Å². The van der Waals surface area contributed by atoms with E-state index in [9.17, 15) is 13.6 Å². The highest BCUT2D eigenvalue weighted by Crippen LogP contribution is 2.21. The molecule has 1 rings (SSSR count). The van der Waals surface area contributed by atoms with E-state index < -0.39 is 17.5 Å². The van der Waals surface area contributed by atoms with Gasteiger partial charge in [0, 0.05) is 25.2 Å². The van der Waals surface area contributed by atoms with E-state index in [-0.39, 0.29) is 17.3 Å². The van der Waals surface area contributed by atoms with Crippen molar-refractivity contribution in [2.24, 2.45) is 0 Å². The molecule has 0 saturated heterocycles. The van der Waals surface area contributed by atoms with Crippen LogP contribution in [-0.2, 0) is 0 Å². The number of hydrogen-bond donors (Lipinski definition) is 1. The maximum Gasteiger partial charge on any atom is 0.254 e. The number of nitrogens with zero attached hydrogens (tertiary/aromatic N) is 1. The van der Waals surface area contributed by atoms with Crippen LogP contribution in [0.15, 0.2) is 12.1 Å². The summed E-state index contributed by atoms with van der Waals surface area (Å²) in [5.41, 5.74) is -0.154. The third-order valence-corrected chi connectivity index (χ3v) is 2.94. The van der Waals surface area contributed by atoms with Crippen molar-refractivity contribution in [2.45, 2.75) is 33.2 Å². The Kier molecular flexibility index (Phi) is 5.27. The van der Waals surface area contributed by atoms with Crippen molar-refractivity contribution in [1.29, 1.82) is 0 Å². The minimum Gasteiger partial charge on any atom is -0.380 e. The first-order valence-electron chi connectivity index (χ1n) is 6.38. The van der Waals surface area contributed by atoms with Crippen LogP contribution >= 0.6 is 0 Å². The van der Waals surface area contributed by atoms with Crippen molar-refractivity contribution >= 4 is 11.6 Å². The maximum absolute atomic E-state index is 13.8. The summed E-state index contributed by atoms with van der Waals surface area (Å²) < 4.78 is 27.6. The first-order valence-corrected chi connectivity index (χ1v) is 6.38. The van der Waals surface area contributed by atoms with Crippen molar-refractivity contribution in [2.75, 3.05) is 18.9 Å². The zero-order valence-corrected chi connectivity index (χ0v) is 11.8. The largest absolute Gasteiger partial charge is 0.380 e. The second-order valence-corrected chi connectivity index (χ2v) is 4.75. The highest BCUT2D eigenvalue weighted by atomic mass is 19.1. The van der Waals surface area contributed by atoms with Crippen LogP contribution in [0.25, 0.3) is 0 Å². The average molecular weight is 270 g/mol. The second-order valence-electron chi connectivity index (χ2n) is 4.75. The van der Waals surface area contributed by atoms with Gasteiger partial charge in [0.05, 0.1) is 0 Å². The predicted molar refractivity (Wildman–Crippen MR) is 72.4 cm³/mol. The Bertz CT molecular complexity index is 438. The molecule has 0 saturated carbocycles. The van der Waals surface area contributed by atoms with Crippen molar-refractivity contribution in [1.82, 2.24) is 4.90 Å². The number of nitrogens with one attached hydrogen (secondary N) is 1. The lowest BCUT2D eigenvalue weighted by Crippen LogP contribution is -2.33. The normalized spacial score (nSPS) is 10.7. The quantitative estimate of drug-likeness (QED) is 0.890. The van der Waals surface area contributed by atoms with E-state index in [1.807, 2.05) is 20.8 Å². The Morgan fingerprint density at radius 2 is 1.84 bits per heavy atom. The third-order valence-electron chi connectivity index (χ3n) is 2.94. The number of hydrogen-bond acceptors (Lipinski definition) is 2. The number of benzene rings is 1. The van der Waals surface area contributed by atoms with E-state index in [2.05, 4.69) is 5.32 Å². The summed E-state index contributed by atoms with van der Waals surface area (Å²) in [5.74, 6) is -1.88. The van der Waals surface area contributed by atoms with Crippen LogP contribution in [0.5, 0.6) is 0 Å². The molecule has 0 atom stereocenters. The number of carbonyl (C=O) groups is 1. The van der Waals surface area contributed by atoms with E-state index >= 15 is 0 Å². The molecule has 1 amide bonds. The first-order chi connectivity index (χ1) is 8.88. The highest BCUT2D eigenvalue weighted by Gasteiger charge is 2.19. The summed E-state index contributed by atoms with van der Waals surface area (Å²) >= 11 is 0. The van der Waals surface area contributed by atoms with E-state index in [4.69, 9.17) is 0 Å². The average Bonchev–Trinajstić information content (AvgIpc) is 2.35. The van der Waals surface area contributed by atoms with Crippen molar-refractivity contribution < 1.29 is 13.6 Å². The zero-order chi connectivity index (χ0) is 14.6. The summed E-state index contributed by atoms with van der Waals surface area (Å²) in [4.78, 5) is 13.4. The van der Waals surface area contributed by atoms with E-state index in [0.29, 0.717) is 6.54 Å². The summed E-state index contributed by atoms with van der Waals surface area (Å²) in [5, 5.41) is 2.67. The molecule has 0 fully saturated rings. The third kappa shape index (κ3) is 3.66. The number of rotatable bonds is 5. The number of amides is 1. The highest BCUT2D eigenvalue weighted by molar-refractivity contribution is 5.94. The van der Waals surface area contributed by atoms with Crippen LogP contribution in [0.1, 0.15) is 37.6 Å². The molecular formula is C14H20F2N2O. The van der Waals surface area contributed by atoms with Gasteiger partial charge in [-0.15, -0.1) is 0 Å². The van der Waals surface area contributed by atoms with Crippen molar-refractivity contribution in [3.63, 3.8) is 0 Å². The SMILES string of the molecule is CCCNc1c(F)cc(C(=O)N(C)C(C)C)cc1F. The molecule has 1 N–H and O–H groups in total. The number of halogens is 2. The van der Waals surface area contributed by atoms with Crippen molar-refractivity contribution in [3.8, 4) is 0 Å². The van der Waals surface area contributed by atoms with Gasteiger partial charge in [-0.2, -0.15) is 0 Å². The molecular weight excluding hydrogens is 250 g/mol. The smallest absolute Gasteiger partial charge is 0.254 e. The monoisotopic (exact) mass is 270 g/mol. The van der Waals surface area contributed by atoms with Gasteiger partial charge in [0.15, 0.2) is 0 Å². The standard InChI is InChI=1S/C14H20F2N2O/c1-5-6-17-13-11(15)7-10(8-12(13)16)14(19)18(4)9(2)3/h7-9,17H,5-6H2,1-4H3. The lowest BCUT2D eigenvalue weighted by Gasteiger charge is -2.21. The second kappa shape index (κ2) is 6.50. The summed E-state index contributed by atoms with van der Waals surface area (Å²) in [7, 11) is 1.60. The molecule has 1 aromatic rings. The van der Waals surface area contributed by atoms with Gasteiger partial charge in [-0.05, 0) is 32.4 Å². The van der Waals surface area contributed by atoms with E-state index in [1.54, 1.807) is 7.05 Å². The van der Waals surface area contributed by atoms with Crippen LogP contribution in [0.3, 0.4) is 0 Å². The minimum absolute atomic E-state index is 0.0215. The molecule has 1 aromatic carbocycles. The summed E-state index contributed by atoms with van der Waals surface area (Å²) in [6, 6.07) is 2.11. The molecule has 0 aliphatic rings. The summed E-state index contributed by atoms with van der Waals surface area (Å²) in [6.07, 6.45) is 0.760. The Hall–Kier alpha value is -1.65. The predicted octanol–water partition coefficient (Wildman–Crippen LogP) is 3.27. The Morgan fingerprint density at radius 3 is 2.26 bits per heavy atom. The van der Waals surface area contributed by atoms with Gasteiger partial charge < -0.3 is 10.2 Å². The van der Waals surface area contributed by atoms with Crippen molar-refractivity contribution in [3.05, 3.63) is 29.3 Å². The fourth-order valence-electron chi connectivity index (χ4n) is 1.55. The van der Waals surface area contributed by atoms with Crippen LogP contribution in [0.4, 0.5) is 14.5 Å². The lowest BCUT2D eigenvalue weighted by molar-refractivity contribution is 0.0754. The van der Waals surface area contributed by atoms with Crippen LogP contribution in [-0.4, -0.2) is 30.4 Å². The topological polar surface area (TPSA) is 32.3 Å². The number of carbonyl (C=O) groups excluding carboxylic acids is 1. The van der Waals surface area contributed by atoms with Gasteiger partial charge >= 0.3 is 0 Å².